The van der Waals surface area contributed by atoms with E-state index >= 15 is 0 Å². The van der Waals surface area contributed by atoms with Crippen LogP contribution in [0, 0.1) is 11.3 Å². The van der Waals surface area contributed by atoms with Gasteiger partial charge in [-0.3, -0.25) is 4.79 Å². The van der Waals surface area contributed by atoms with Gasteiger partial charge in [-0.15, -0.1) is 0 Å². The number of hydrogen-bond acceptors (Lipinski definition) is 5. The molecule has 0 fully saturated rings. The number of ether oxygens (including phenoxy) is 3. The number of carbonyl (C=O) groups excluding carboxylic acids is 1. The van der Waals surface area contributed by atoms with Gasteiger partial charge in [0.2, 0.25) is 0 Å². The highest BCUT2D eigenvalue weighted by Crippen LogP contribution is 2.24. The third-order valence-electron chi connectivity index (χ3n) is 2.59. The van der Waals surface area contributed by atoms with E-state index < -0.39 is 0 Å². The minimum absolute atomic E-state index is 0.0692. The molecule has 0 aliphatic heterocycles. The lowest BCUT2D eigenvalue weighted by molar-refractivity contribution is -0.150. The van der Waals surface area contributed by atoms with Crippen molar-refractivity contribution in [1.82, 2.24) is 0 Å². The van der Waals surface area contributed by atoms with Crippen molar-refractivity contribution in [2.24, 2.45) is 17.1 Å². The Balaban J connectivity index is 3.71. The molecule has 0 spiro atoms. The van der Waals surface area contributed by atoms with Gasteiger partial charge < -0.3 is 19.9 Å². The minimum Gasteiger partial charge on any atom is -0.463 e. The summed E-state index contributed by atoms with van der Waals surface area (Å²) in [5.74, 6) is -0.452. The molecule has 0 aromatic rings. The summed E-state index contributed by atoms with van der Waals surface area (Å²) < 4.78 is 15.4. The average Bonchev–Trinajstić information content (AvgIpc) is 2.33. The second kappa shape index (κ2) is 10.2. The molecule has 0 bridgehead atoms. The summed E-state index contributed by atoms with van der Waals surface area (Å²) in [7, 11) is 1.66. The van der Waals surface area contributed by atoms with Crippen LogP contribution in [0.15, 0.2) is 0 Å². The summed E-state index contributed by atoms with van der Waals surface area (Å²) in [4.78, 5) is 11.8. The van der Waals surface area contributed by atoms with Gasteiger partial charge in [0.1, 0.15) is 6.61 Å². The maximum absolute atomic E-state index is 11.8. The SMILES string of the molecule is COCCCOCCOC(=O)C(CN)CC(C)(C)C. The summed E-state index contributed by atoms with van der Waals surface area (Å²) in [5, 5.41) is 0. The number of hydrogen-bond donors (Lipinski definition) is 1. The van der Waals surface area contributed by atoms with E-state index in [4.69, 9.17) is 19.9 Å². The van der Waals surface area contributed by atoms with E-state index in [-0.39, 0.29) is 23.9 Å². The van der Waals surface area contributed by atoms with Crippen LogP contribution in [0.4, 0.5) is 0 Å². The molecule has 0 heterocycles. The molecular formula is C14H29NO4. The predicted octanol–water partition coefficient (Wildman–Crippen LogP) is 1.59. The number of nitrogens with two attached hydrogens (primary N) is 1. The Bertz CT molecular complexity index is 238. The van der Waals surface area contributed by atoms with Crippen molar-refractivity contribution in [3.05, 3.63) is 0 Å². The molecular weight excluding hydrogens is 246 g/mol. The van der Waals surface area contributed by atoms with Crippen LogP contribution in [0.1, 0.15) is 33.6 Å². The lowest BCUT2D eigenvalue weighted by atomic mass is 9.85. The van der Waals surface area contributed by atoms with Crippen LogP contribution < -0.4 is 5.73 Å². The number of rotatable bonds is 10. The highest BCUT2D eigenvalue weighted by Gasteiger charge is 2.24. The topological polar surface area (TPSA) is 70.8 Å². The highest BCUT2D eigenvalue weighted by atomic mass is 16.6. The van der Waals surface area contributed by atoms with Gasteiger partial charge in [0.15, 0.2) is 0 Å². The molecule has 19 heavy (non-hydrogen) atoms. The molecule has 0 saturated carbocycles. The van der Waals surface area contributed by atoms with Gasteiger partial charge in [-0.05, 0) is 18.3 Å². The third-order valence-corrected chi connectivity index (χ3v) is 2.59. The van der Waals surface area contributed by atoms with Crippen LogP contribution in [0.2, 0.25) is 0 Å². The van der Waals surface area contributed by atoms with Gasteiger partial charge in [0.25, 0.3) is 0 Å². The minimum atomic E-state index is -0.228. The van der Waals surface area contributed by atoms with Crippen LogP contribution in [0.3, 0.4) is 0 Å². The van der Waals surface area contributed by atoms with Crippen molar-refractivity contribution in [2.75, 3.05) is 40.1 Å². The van der Waals surface area contributed by atoms with E-state index in [0.717, 1.165) is 12.8 Å². The van der Waals surface area contributed by atoms with Gasteiger partial charge in [-0.2, -0.15) is 0 Å². The zero-order chi connectivity index (χ0) is 14.7. The second-order valence-electron chi connectivity index (χ2n) is 5.82. The van der Waals surface area contributed by atoms with Crippen molar-refractivity contribution in [2.45, 2.75) is 33.6 Å². The molecule has 0 amide bonds. The lowest BCUT2D eigenvalue weighted by Gasteiger charge is -2.23. The fourth-order valence-corrected chi connectivity index (χ4v) is 1.73. The van der Waals surface area contributed by atoms with Crippen LogP contribution in [-0.2, 0) is 19.0 Å². The van der Waals surface area contributed by atoms with Crippen molar-refractivity contribution in [1.29, 1.82) is 0 Å². The molecule has 2 N–H and O–H groups in total. The zero-order valence-corrected chi connectivity index (χ0v) is 12.7. The largest absolute Gasteiger partial charge is 0.463 e. The standard InChI is InChI=1S/C14H29NO4/c1-14(2,3)10-12(11-15)13(16)19-9-8-18-7-5-6-17-4/h12H,5-11,15H2,1-4H3. The Morgan fingerprint density at radius 1 is 1.16 bits per heavy atom. The zero-order valence-electron chi connectivity index (χ0n) is 12.7. The molecule has 0 rings (SSSR count). The molecule has 0 radical (unpaired) electrons. The van der Waals surface area contributed by atoms with Gasteiger partial charge in [0, 0.05) is 26.9 Å². The molecule has 1 unspecified atom stereocenters. The molecule has 0 saturated heterocycles. The smallest absolute Gasteiger partial charge is 0.310 e. The van der Waals surface area contributed by atoms with E-state index in [1.54, 1.807) is 7.11 Å². The van der Waals surface area contributed by atoms with E-state index in [1.807, 2.05) is 0 Å². The van der Waals surface area contributed by atoms with E-state index in [2.05, 4.69) is 20.8 Å². The third kappa shape index (κ3) is 10.9. The fourth-order valence-electron chi connectivity index (χ4n) is 1.73. The molecule has 5 heteroatoms. The van der Waals surface area contributed by atoms with Crippen molar-refractivity contribution in [3.63, 3.8) is 0 Å². The van der Waals surface area contributed by atoms with Crippen LogP contribution in [-0.4, -0.2) is 46.1 Å². The Kier molecular flexibility index (Phi) is 9.83. The normalized spacial score (nSPS) is 13.3. The molecule has 1 atom stereocenters. The predicted molar refractivity (Wildman–Crippen MR) is 74.9 cm³/mol. The molecule has 114 valence electrons. The summed E-state index contributed by atoms with van der Waals surface area (Å²) in [5.41, 5.74) is 5.69. The molecule has 0 aliphatic rings. The van der Waals surface area contributed by atoms with Crippen LogP contribution in [0.25, 0.3) is 0 Å². The number of carbonyl (C=O) groups is 1. The highest BCUT2D eigenvalue weighted by molar-refractivity contribution is 5.72. The Morgan fingerprint density at radius 2 is 1.84 bits per heavy atom. The van der Waals surface area contributed by atoms with Gasteiger partial charge in [-0.25, -0.2) is 0 Å². The summed E-state index contributed by atoms with van der Waals surface area (Å²) >= 11 is 0. The van der Waals surface area contributed by atoms with Gasteiger partial charge in [0.05, 0.1) is 12.5 Å². The van der Waals surface area contributed by atoms with E-state index in [0.29, 0.717) is 26.4 Å². The first-order valence-electron chi connectivity index (χ1n) is 6.84. The van der Waals surface area contributed by atoms with Crippen LogP contribution in [0.5, 0.6) is 0 Å². The number of esters is 1. The first-order chi connectivity index (χ1) is 8.90. The molecule has 5 nitrogen and oxygen atoms in total. The monoisotopic (exact) mass is 275 g/mol. The first kappa shape index (κ1) is 18.4. The molecule has 0 aromatic carbocycles. The van der Waals surface area contributed by atoms with Gasteiger partial charge in [-0.1, -0.05) is 20.8 Å². The summed E-state index contributed by atoms with van der Waals surface area (Å²) in [6.07, 6.45) is 1.58. The van der Waals surface area contributed by atoms with Crippen molar-refractivity contribution < 1.29 is 19.0 Å². The quantitative estimate of drug-likeness (QED) is 0.484. The maximum Gasteiger partial charge on any atom is 0.310 e. The van der Waals surface area contributed by atoms with E-state index in [1.165, 1.54) is 0 Å². The van der Waals surface area contributed by atoms with Crippen molar-refractivity contribution in [3.8, 4) is 0 Å². The Labute approximate surface area is 116 Å². The van der Waals surface area contributed by atoms with Gasteiger partial charge >= 0.3 is 5.97 Å². The van der Waals surface area contributed by atoms with Crippen molar-refractivity contribution >= 4 is 5.97 Å². The maximum atomic E-state index is 11.8. The Morgan fingerprint density at radius 3 is 2.37 bits per heavy atom. The summed E-state index contributed by atoms with van der Waals surface area (Å²) in [6, 6.07) is 0. The van der Waals surface area contributed by atoms with E-state index in [9.17, 15) is 4.79 Å². The fraction of sp³-hybridized carbons (Fsp3) is 0.929. The average molecular weight is 275 g/mol. The number of methoxy groups -OCH3 is 1. The molecule has 0 aromatic heterocycles. The van der Waals surface area contributed by atoms with Crippen LogP contribution >= 0.6 is 0 Å². The first-order valence-corrected chi connectivity index (χ1v) is 6.84. The Hall–Kier alpha value is -0.650. The second-order valence-corrected chi connectivity index (χ2v) is 5.82. The lowest BCUT2D eigenvalue weighted by Crippen LogP contribution is -2.30. The molecule has 0 aliphatic carbocycles. The summed E-state index contributed by atoms with van der Waals surface area (Å²) in [6.45, 7) is 8.58.